The van der Waals surface area contributed by atoms with E-state index >= 15 is 0 Å². The van der Waals surface area contributed by atoms with Crippen molar-refractivity contribution in [2.45, 2.75) is 37.5 Å². The molecule has 0 atom stereocenters. The lowest BCUT2D eigenvalue weighted by Gasteiger charge is -2.35. The van der Waals surface area contributed by atoms with E-state index in [0.717, 1.165) is 0 Å². The first kappa shape index (κ1) is 16.8. The van der Waals surface area contributed by atoms with Gasteiger partial charge in [-0.15, -0.1) is 11.8 Å². The van der Waals surface area contributed by atoms with E-state index in [9.17, 15) is 13.7 Å². The van der Waals surface area contributed by atoms with Crippen LogP contribution in [0.25, 0.3) is 0 Å². The Morgan fingerprint density at radius 3 is 2.42 bits per heavy atom. The van der Waals surface area contributed by atoms with Gasteiger partial charge in [-0.05, 0) is 32.9 Å². The standard InChI is InChI=1S/C12H22N2O3S2/c1-11(2)17-8-9-19(15,16)14-6-4-12(10-13,18-3)5-7-14/h11H,4-9H2,1-3H3. The lowest BCUT2D eigenvalue weighted by Crippen LogP contribution is -2.45. The van der Waals surface area contributed by atoms with E-state index in [0.29, 0.717) is 25.9 Å². The molecule has 1 fully saturated rings. The Hall–Kier alpha value is -0.290. The third-order valence-electron chi connectivity index (χ3n) is 3.31. The molecule has 0 bridgehead atoms. The molecule has 1 saturated heterocycles. The van der Waals surface area contributed by atoms with Crippen molar-refractivity contribution in [3.8, 4) is 6.07 Å². The summed E-state index contributed by atoms with van der Waals surface area (Å²) >= 11 is 1.52. The van der Waals surface area contributed by atoms with Crippen LogP contribution in [0.4, 0.5) is 0 Å². The first-order valence-corrected chi connectivity index (χ1v) is 9.24. The van der Waals surface area contributed by atoms with Crippen molar-refractivity contribution < 1.29 is 13.2 Å². The highest BCUT2D eigenvalue weighted by Gasteiger charge is 2.37. The lowest BCUT2D eigenvalue weighted by molar-refractivity contribution is 0.0905. The van der Waals surface area contributed by atoms with Gasteiger partial charge in [0.15, 0.2) is 0 Å². The van der Waals surface area contributed by atoms with Gasteiger partial charge in [-0.25, -0.2) is 12.7 Å². The number of sulfonamides is 1. The summed E-state index contributed by atoms with van der Waals surface area (Å²) in [4.78, 5) is 0. The Morgan fingerprint density at radius 1 is 1.42 bits per heavy atom. The molecule has 5 nitrogen and oxygen atoms in total. The highest BCUT2D eigenvalue weighted by Crippen LogP contribution is 2.34. The fourth-order valence-electron chi connectivity index (χ4n) is 2.01. The molecular formula is C12H22N2O3S2. The van der Waals surface area contributed by atoms with Crippen molar-refractivity contribution in [2.75, 3.05) is 31.7 Å². The number of nitrogens with zero attached hydrogens (tertiary/aromatic N) is 2. The maximum absolute atomic E-state index is 12.1. The minimum atomic E-state index is -3.26. The minimum absolute atomic E-state index is 0.0179. The Balaban J connectivity index is 2.52. The molecule has 0 saturated carbocycles. The summed E-state index contributed by atoms with van der Waals surface area (Å²) < 4.78 is 30.6. The SMILES string of the molecule is CSC1(C#N)CCN(S(=O)(=O)CCOC(C)C)CC1. The number of thioether (sulfide) groups is 1. The number of piperidine rings is 1. The van der Waals surface area contributed by atoms with Gasteiger partial charge in [0.1, 0.15) is 4.75 Å². The van der Waals surface area contributed by atoms with Crippen LogP contribution in [0.1, 0.15) is 26.7 Å². The van der Waals surface area contributed by atoms with Gasteiger partial charge in [0.2, 0.25) is 10.0 Å². The normalized spacial score (nSPS) is 20.4. The molecule has 7 heteroatoms. The van der Waals surface area contributed by atoms with E-state index < -0.39 is 14.8 Å². The monoisotopic (exact) mass is 306 g/mol. The quantitative estimate of drug-likeness (QED) is 0.743. The zero-order valence-corrected chi connectivity index (χ0v) is 13.4. The van der Waals surface area contributed by atoms with Gasteiger partial charge in [-0.1, -0.05) is 0 Å². The molecule has 0 spiro atoms. The molecule has 0 N–H and O–H groups in total. The van der Waals surface area contributed by atoms with Crippen molar-refractivity contribution >= 4 is 21.8 Å². The molecule has 1 aliphatic rings. The molecule has 0 aliphatic carbocycles. The molecule has 0 radical (unpaired) electrons. The predicted molar refractivity (Wildman–Crippen MR) is 77.5 cm³/mol. The minimum Gasteiger partial charge on any atom is -0.378 e. The van der Waals surface area contributed by atoms with Gasteiger partial charge < -0.3 is 4.74 Å². The number of hydrogen-bond donors (Lipinski definition) is 0. The first-order valence-electron chi connectivity index (χ1n) is 6.41. The van der Waals surface area contributed by atoms with Crippen LogP contribution in [0.3, 0.4) is 0 Å². The summed E-state index contributed by atoms with van der Waals surface area (Å²) in [5, 5.41) is 9.17. The number of ether oxygens (including phenoxy) is 1. The molecule has 0 aromatic heterocycles. The largest absolute Gasteiger partial charge is 0.378 e. The summed E-state index contributed by atoms with van der Waals surface area (Å²) in [7, 11) is -3.26. The van der Waals surface area contributed by atoms with Gasteiger partial charge in [0.25, 0.3) is 0 Å². The van der Waals surface area contributed by atoms with Crippen molar-refractivity contribution in [2.24, 2.45) is 0 Å². The average Bonchev–Trinajstić information content (AvgIpc) is 2.38. The first-order chi connectivity index (χ1) is 8.85. The smallest absolute Gasteiger partial charge is 0.216 e. The van der Waals surface area contributed by atoms with Crippen LogP contribution in [-0.4, -0.2) is 55.3 Å². The molecule has 1 rings (SSSR count). The number of hydrogen-bond acceptors (Lipinski definition) is 5. The molecule has 0 amide bonds. The van der Waals surface area contributed by atoms with E-state index in [1.54, 1.807) is 0 Å². The van der Waals surface area contributed by atoms with Crippen LogP contribution in [0.15, 0.2) is 0 Å². The van der Waals surface area contributed by atoms with Gasteiger partial charge in [-0.2, -0.15) is 5.26 Å². The highest BCUT2D eigenvalue weighted by atomic mass is 32.2. The zero-order valence-electron chi connectivity index (χ0n) is 11.8. The Labute approximate surface area is 120 Å². The summed E-state index contributed by atoms with van der Waals surface area (Å²) in [6.07, 6.45) is 3.13. The fourth-order valence-corrected chi connectivity index (χ4v) is 3.99. The van der Waals surface area contributed by atoms with Crippen molar-refractivity contribution in [1.29, 1.82) is 5.26 Å². The van der Waals surface area contributed by atoms with E-state index in [2.05, 4.69) is 6.07 Å². The van der Waals surface area contributed by atoms with Crippen LogP contribution in [0.2, 0.25) is 0 Å². The van der Waals surface area contributed by atoms with Crippen LogP contribution in [0.5, 0.6) is 0 Å². The van der Waals surface area contributed by atoms with Gasteiger partial charge in [0.05, 0.1) is 24.5 Å². The Morgan fingerprint density at radius 2 is 2.00 bits per heavy atom. The van der Waals surface area contributed by atoms with Crippen molar-refractivity contribution in [1.82, 2.24) is 4.31 Å². The lowest BCUT2D eigenvalue weighted by atomic mass is 9.99. The van der Waals surface area contributed by atoms with Crippen LogP contribution in [0, 0.1) is 11.3 Å². The van der Waals surface area contributed by atoms with E-state index in [1.807, 2.05) is 20.1 Å². The molecule has 110 valence electrons. The fraction of sp³-hybridized carbons (Fsp3) is 0.917. The maximum atomic E-state index is 12.1. The number of nitriles is 1. The molecule has 0 aromatic carbocycles. The molecule has 1 aliphatic heterocycles. The van der Waals surface area contributed by atoms with Gasteiger partial charge >= 0.3 is 0 Å². The maximum Gasteiger partial charge on any atom is 0.216 e. The van der Waals surface area contributed by atoms with Crippen LogP contribution in [-0.2, 0) is 14.8 Å². The van der Waals surface area contributed by atoms with Crippen LogP contribution >= 0.6 is 11.8 Å². The van der Waals surface area contributed by atoms with Crippen LogP contribution < -0.4 is 0 Å². The molecular weight excluding hydrogens is 284 g/mol. The highest BCUT2D eigenvalue weighted by molar-refractivity contribution is 8.00. The second-order valence-electron chi connectivity index (χ2n) is 4.94. The summed E-state index contributed by atoms with van der Waals surface area (Å²) in [5.41, 5.74) is 0. The third kappa shape index (κ3) is 4.63. The predicted octanol–water partition coefficient (Wildman–Crippen LogP) is 1.46. The van der Waals surface area contributed by atoms with E-state index in [-0.39, 0.29) is 18.5 Å². The molecule has 1 heterocycles. The summed E-state index contributed by atoms with van der Waals surface area (Å²) in [6, 6.07) is 2.31. The summed E-state index contributed by atoms with van der Waals surface area (Å²) in [6.45, 7) is 4.85. The van der Waals surface area contributed by atoms with Gasteiger partial charge in [0, 0.05) is 13.1 Å². The molecule has 19 heavy (non-hydrogen) atoms. The zero-order chi connectivity index (χ0) is 14.5. The Bertz CT molecular complexity index is 421. The Kier molecular flexibility index (Phi) is 6.12. The van der Waals surface area contributed by atoms with Crippen molar-refractivity contribution in [3.63, 3.8) is 0 Å². The third-order valence-corrected chi connectivity index (χ3v) is 6.43. The second kappa shape index (κ2) is 6.93. The average molecular weight is 306 g/mol. The number of rotatable bonds is 6. The molecule has 0 unspecified atom stereocenters. The topological polar surface area (TPSA) is 70.4 Å². The van der Waals surface area contributed by atoms with E-state index in [1.165, 1.54) is 16.1 Å². The van der Waals surface area contributed by atoms with Crippen molar-refractivity contribution in [3.05, 3.63) is 0 Å². The van der Waals surface area contributed by atoms with Gasteiger partial charge in [-0.3, -0.25) is 0 Å². The molecule has 0 aromatic rings. The summed E-state index contributed by atoms with van der Waals surface area (Å²) in [5.74, 6) is 0.0179. The second-order valence-corrected chi connectivity index (χ2v) is 8.22. The van der Waals surface area contributed by atoms with E-state index in [4.69, 9.17) is 4.74 Å².